The standard InChI is InChI=1S/C10H18FN3/c1-9(2,3)10(4,5)7-6(11)8(12)14-13-7/h1-5H3,(H3,12,13,14). The Hall–Kier alpha value is -1.06. The third-order valence-electron chi connectivity index (χ3n) is 3.23. The molecule has 0 aliphatic heterocycles. The molecular formula is C10H18FN3. The van der Waals surface area contributed by atoms with Crippen LogP contribution in [0.5, 0.6) is 0 Å². The van der Waals surface area contributed by atoms with Gasteiger partial charge in [0.05, 0.1) is 5.69 Å². The number of nitrogens with two attached hydrogens (primary N) is 1. The molecule has 0 aromatic carbocycles. The highest BCUT2D eigenvalue weighted by Crippen LogP contribution is 2.41. The molecule has 14 heavy (non-hydrogen) atoms. The highest BCUT2D eigenvalue weighted by atomic mass is 19.1. The fourth-order valence-corrected chi connectivity index (χ4v) is 1.13. The van der Waals surface area contributed by atoms with Gasteiger partial charge in [0.2, 0.25) is 0 Å². The number of hydrogen-bond acceptors (Lipinski definition) is 2. The van der Waals surface area contributed by atoms with Crippen LogP contribution in [0.15, 0.2) is 0 Å². The van der Waals surface area contributed by atoms with Crippen LogP contribution in [0.1, 0.15) is 40.3 Å². The van der Waals surface area contributed by atoms with Gasteiger partial charge in [-0.15, -0.1) is 0 Å². The van der Waals surface area contributed by atoms with E-state index in [1.807, 2.05) is 13.8 Å². The van der Waals surface area contributed by atoms with E-state index in [4.69, 9.17) is 5.73 Å². The summed E-state index contributed by atoms with van der Waals surface area (Å²) in [5.74, 6) is -0.484. The summed E-state index contributed by atoms with van der Waals surface area (Å²) in [6.45, 7) is 10.1. The van der Waals surface area contributed by atoms with Crippen LogP contribution in [-0.2, 0) is 5.41 Å². The zero-order chi connectivity index (χ0) is 11.1. The molecule has 1 aromatic heterocycles. The van der Waals surface area contributed by atoms with Crippen molar-refractivity contribution in [3.8, 4) is 0 Å². The second-order valence-electron chi connectivity index (χ2n) is 5.17. The average molecular weight is 199 g/mol. The summed E-state index contributed by atoms with van der Waals surface area (Å²) < 4.78 is 13.6. The fourth-order valence-electron chi connectivity index (χ4n) is 1.13. The Labute approximate surface area is 83.9 Å². The second-order valence-corrected chi connectivity index (χ2v) is 5.17. The van der Waals surface area contributed by atoms with Gasteiger partial charge in [0.25, 0.3) is 0 Å². The van der Waals surface area contributed by atoms with Gasteiger partial charge in [0.1, 0.15) is 0 Å². The molecular weight excluding hydrogens is 181 g/mol. The highest BCUT2D eigenvalue weighted by Gasteiger charge is 2.38. The maximum Gasteiger partial charge on any atom is 0.188 e. The molecule has 1 rings (SSSR count). The summed E-state index contributed by atoms with van der Waals surface area (Å²) in [4.78, 5) is 0. The van der Waals surface area contributed by atoms with E-state index in [2.05, 4.69) is 31.0 Å². The number of nitrogens with one attached hydrogen (secondary N) is 1. The first-order chi connectivity index (χ1) is 6.18. The summed E-state index contributed by atoms with van der Waals surface area (Å²) in [5, 5.41) is 6.34. The second kappa shape index (κ2) is 2.97. The summed E-state index contributed by atoms with van der Waals surface area (Å²) in [5.41, 5.74) is 5.44. The van der Waals surface area contributed by atoms with Crippen molar-refractivity contribution in [2.45, 2.75) is 40.0 Å². The predicted octanol–water partition coefficient (Wildman–Crippen LogP) is 2.45. The van der Waals surface area contributed by atoms with Crippen molar-refractivity contribution in [3.05, 3.63) is 11.5 Å². The lowest BCUT2D eigenvalue weighted by atomic mass is 9.67. The Balaban J connectivity index is 3.23. The zero-order valence-corrected chi connectivity index (χ0v) is 9.40. The Morgan fingerprint density at radius 3 is 2.00 bits per heavy atom. The zero-order valence-electron chi connectivity index (χ0n) is 9.40. The quantitative estimate of drug-likeness (QED) is 0.730. The maximum absolute atomic E-state index is 13.6. The summed E-state index contributed by atoms with van der Waals surface area (Å²) in [6.07, 6.45) is 0. The van der Waals surface area contributed by atoms with Crippen molar-refractivity contribution >= 4 is 5.82 Å². The topological polar surface area (TPSA) is 54.7 Å². The minimum absolute atomic E-state index is 0.0580. The van der Waals surface area contributed by atoms with E-state index in [1.54, 1.807) is 0 Å². The molecule has 0 aliphatic carbocycles. The highest BCUT2D eigenvalue weighted by molar-refractivity contribution is 5.35. The molecule has 80 valence electrons. The largest absolute Gasteiger partial charge is 0.380 e. The van der Waals surface area contributed by atoms with Crippen LogP contribution in [-0.4, -0.2) is 10.2 Å². The Morgan fingerprint density at radius 2 is 1.71 bits per heavy atom. The molecule has 0 spiro atoms. The third kappa shape index (κ3) is 1.49. The Kier molecular flexibility index (Phi) is 2.34. The number of H-pyrrole nitrogens is 1. The molecule has 0 saturated heterocycles. The van der Waals surface area contributed by atoms with E-state index in [1.165, 1.54) is 0 Å². The summed E-state index contributed by atoms with van der Waals surface area (Å²) in [6, 6.07) is 0. The number of halogens is 1. The van der Waals surface area contributed by atoms with Crippen molar-refractivity contribution < 1.29 is 4.39 Å². The van der Waals surface area contributed by atoms with Gasteiger partial charge < -0.3 is 5.73 Å². The number of nitrogen functional groups attached to an aromatic ring is 1. The van der Waals surface area contributed by atoms with Crippen LogP contribution in [0.2, 0.25) is 0 Å². The third-order valence-corrected chi connectivity index (χ3v) is 3.23. The van der Waals surface area contributed by atoms with Gasteiger partial charge >= 0.3 is 0 Å². The van der Waals surface area contributed by atoms with Gasteiger partial charge in [-0.25, -0.2) is 4.39 Å². The normalized spacial score (nSPS) is 13.3. The Morgan fingerprint density at radius 1 is 1.21 bits per heavy atom. The number of aromatic amines is 1. The van der Waals surface area contributed by atoms with Crippen LogP contribution < -0.4 is 5.73 Å². The molecule has 0 saturated carbocycles. The first-order valence-electron chi connectivity index (χ1n) is 4.67. The van der Waals surface area contributed by atoms with Gasteiger partial charge in [-0.2, -0.15) is 5.10 Å². The molecule has 3 N–H and O–H groups in total. The average Bonchev–Trinajstić information content (AvgIpc) is 2.30. The smallest absolute Gasteiger partial charge is 0.188 e. The monoisotopic (exact) mass is 199 g/mol. The molecule has 4 heteroatoms. The van der Waals surface area contributed by atoms with Crippen LogP contribution in [0, 0.1) is 11.2 Å². The van der Waals surface area contributed by atoms with E-state index >= 15 is 0 Å². The van der Waals surface area contributed by atoms with Crippen LogP contribution >= 0.6 is 0 Å². The van der Waals surface area contributed by atoms with E-state index in [0.717, 1.165) is 0 Å². The predicted molar refractivity (Wildman–Crippen MR) is 55.4 cm³/mol. The lowest BCUT2D eigenvalue weighted by molar-refractivity contribution is 0.213. The minimum atomic E-state index is -0.426. The molecule has 0 fully saturated rings. The number of aromatic nitrogens is 2. The van der Waals surface area contributed by atoms with E-state index in [9.17, 15) is 4.39 Å². The van der Waals surface area contributed by atoms with Gasteiger partial charge in [0.15, 0.2) is 11.6 Å². The van der Waals surface area contributed by atoms with Crippen molar-refractivity contribution in [3.63, 3.8) is 0 Å². The van der Waals surface area contributed by atoms with Gasteiger partial charge in [0, 0.05) is 5.41 Å². The molecule has 0 atom stereocenters. The summed E-state index contributed by atoms with van der Waals surface area (Å²) in [7, 11) is 0. The number of hydrogen-bond donors (Lipinski definition) is 2. The fraction of sp³-hybridized carbons (Fsp3) is 0.700. The molecule has 0 aliphatic rings. The molecule has 0 unspecified atom stereocenters. The van der Waals surface area contributed by atoms with Gasteiger partial charge in [-0.05, 0) is 5.41 Å². The first kappa shape index (κ1) is 11.0. The minimum Gasteiger partial charge on any atom is -0.380 e. The molecule has 0 bridgehead atoms. The Bertz CT molecular complexity index is 334. The van der Waals surface area contributed by atoms with Crippen molar-refractivity contribution in [2.75, 3.05) is 5.73 Å². The molecule has 0 radical (unpaired) electrons. The van der Waals surface area contributed by atoms with Crippen molar-refractivity contribution in [1.29, 1.82) is 0 Å². The lowest BCUT2D eigenvalue weighted by Gasteiger charge is -2.37. The number of nitrogens with zero attached hydrogens (tertiary/aromatic N) is 1. The van der Waals surface area contributed by atoms with Crippen molar-refractivity contribution in [2.24, 2.45) is 5.41 Å². The van der Waals surface area contributed by atoms with Crippen LogP contribution in [0.25, 0.3) is 0 Å². The van der Waals surface area contributed by atoms with E-state index in [-0.39, 0.29) is 16.6 Å². The number of anilines is 1. The summed E-state index contributed by atoms with van der Waals surface area (Å²) >= 11 is 0. The SMILES string of the molecule is CC(C)(C)C(C)(C)c1[nH]nc(N)c1F. The molecule has 1 heterocycles. The van der Waals surface area contributed by atoms with Gasteiger partial charge in [-0.1, -0.05) is 34.6 Å². The van der Waals surface area contributed by atoms with E-state index < -0.39 is 5.82 Å². The lowest BCUT2D eigenvalue weighted by Crippen LogP contribution is -2.35. The first-order valence-corrected chi connectivity index (χ1v) is 4.67. The maximum atomic E-state index is 13.6. The van der Waals surface area contributed by atoms with Crippen LogP contribution in [0.4, 0.5) is 10.2 Å². The van der Waals surface area contributed by atoms with Crippen LogP contribution in [0.3, 0.4) is 0 Å². The van der Waals surface area contributed by atoms with Crippen molar-refractivity contribution in [1.82, 2.24) is 10.2 Å². The molecule has 3 nitrogen and oxygen atoms in total. The van der Waals surface area contributed by atoms with E-state index in [0.29, 0.717) is 5.69 Å². The molecule has 0 amide bonds. The van der Waals surface area contributed by atoms with Gasteiger partial charge in [-0.3, -0.25) is 5.10 Å². The number of rotatable bonds is 1. The molecule has 1 aromatic rings.